The van der Waals surface area contributed by atoms with Crippen LogP contribution in [0, 0.1) is 0 Å². The number of rotatable bonds is 10. The van der Waals surface area contributed by atoms with Crippen LogP contribution < -0.4 is 10.6 Å². The second-order valence-corrected chi connectivity index (χ2v) is 15.5. The Morgan fingerprint density at radius 3 is 1.51 bits per heavy atom. The summed E-state index contributed by atoms with van der Waals surface area (Å²) >= 11 is 0. The molecular formula is C47H41N7O7. The van der Waals surface area contributed by atoms with Crippen molar-refractivity contribution >= 4 is 68.4 Å². The zero-order chi connectivity index (χ0) is 42.4. The minimum atomic E-state index is -0.779. The maximum Gasteiger partial charge on any atom is 0.295 e. The third kappa shape index (κ3) is 7.26. The Morgan fingerprint density at radius 2 is 1.03 bits per heavy atom. The molecule has 0 aliphatic carbocycles. The first-order valence-corrected chi connectivity index (χ1v) is 20.1. The molecule has 0 radical (unpaired) electrons. The van der Waals surface area contributed by atoms with Crippen LogP contribution in [0.2, 0.25) is 0 Å². The van der Waals surface area contributed by atoms with Gasteiger partial charge in [0.1, 0.15) is 12.1 Å². The molecule has 61 heavy (non-hydrogen) atoms. The SMILES string of the molecule is Cn1cc(C(=O)C(=O)N2CCC[C@H]2C(=O)Nc2ccc(-c3cnc(-c4ccc(NC(=O)[C@@H]5CCCN5C(=O)C(=O)c5cn(C)c6ccccc56)cc4)o3)cc2)c2ccccc21. The number of fused-ring (bicyclic) bond motifs is 2. The standard InChI is InChI=1S/C47H41N7O7/c1-51-26-34(32-9-3-5-11-36(32)51)41(55)46(59)53-23-7-13-38(53)43(57)49-30-19-15-28(16-20-30)40-25-48-45(61-40)29-17-21-31(22-18-29)50-44(58)39-14-8-24-54(39)47(60)42(56)35-27-52(2)37-12-6-4-10-33(35)37/h3-6,9-12,15-22,25-27,38-39H,7-8,13-14,23-24H2,1-2H3,(H,49,57)(H,50,58)/t38-,39-/m0/s1. The molecule has 4 aromatic carbocycles. The summed E-state index contributed by atoms with van der Waals surface area (Å²) in [6.45, 7) is 0.629. The number of carbonyl (C=O) groups excluding carboxylic acids is 6. The Labute approximate surface area is 349 Å². The summed E-state index contributed by atoms with van der Waals surface area (Å²) in [4.78, 5) is 87.6. The topological polar surface area (TPSA) is 169 Å². The molecule has 9 rings (SSSR count). The average molecular weight is 816 g/mol. The second-order valence-electron chi connectivity index (χ2n) is 15.5. The number of aryl methyl sites for hydroxylation is 2. The van der Waals surface area contributed by atoms with Gasteiger partial charge in [-0.25, -0.2) is 4.98 Å². The average Bonchev–Trinajstić information content (AvgIpc) is 4.14. The van der Waals surface area contributed by atoms with Crippen molar-refractivity contribution in [3.05, 3.63) is 127 Å². The van der Waals surface area contributed by atoms with E-state index < -0.39 is 35.5 Å². The number of nitrogens with zero attached hydrogens (tertiary/aromatic N) is 5. The lowest BCUT2D eigenvalue weighted by atomic mass is 10.1. The van der Waals surface area contributed by atoms with E-state index in [4.69, 9.17) is 4.42 Å². The highest BCUT2D eigenvalue weighted by molar-refractivity contribution is 6.46. The van der Waals surface area contributed by atoms with Crippen molar-refractivity contribution in [2.45, 2.75) is 37.8 Å². The third-order valence-electron chi connectivity index (χ3n) is 11.6. The zero-order valence-corrected chi connectivity index (χ0v) is 33.5. The van der Waals surface area contributed by atoms with Gasteiger partial charge in [-0.3, -0.25) is 28.8 Å². The van der Waals surface area contributed by atoms with Crippen LogP contribution in [0.25, 0.3) is 44.6 Å². The van der Waals surface area contributed by atoms with Gasteiger partial charge in [0.25, 0.3) is 23.4 Å². The van der Waals surface area contributed by atoms with Crippen molar-refractivity contribution in [2.75, 3.05) is 23.7 Å². The predicted octanol–water partition coefficient (Wildman–Crippen LogP) is 6.62. The van der Waals surface area contributed by atoms with Crippen molar-refractivity contribution in [3.63, 3.8) is 0 Å². The van der Waals surface area contributed by atoms with E-state index in [2.05, 4.69) is 15.6 Å². The number of benzene rings is 4. The first kappa shape index (κ1) is 38.9. The molecule has 2 fully saturated rings. The molecule has 0 bridgehead atoms. The van der Waals surface area contributed by atoms with Gasteiger partial charge in [0.05, 0.1) is 17.3 Å². The van der Waals surface area contributed by atoms with Gasteiger partial charge in [0.2, 0.25) is 17.7 Å². The Hall–Kier alpha value is -7.61. The van der Waals surface area contributed by atoms with Gasteiger partial charge in [-0.1, -0.05) is 36.4 Å². The quantitative estimate of drug-likeness (QED) is 0.115. The summed E-state index contributed by atoms with van der Waals surface area (Å²) < 4.78 is 9.70. The molecule has 2 aliphatic heterocycles. The summed E-state index contributed by atoms with van der Waals surface area (Å²) in [6.07, 6.45) is 7.01. The van der Waals surface area contributed by atoms with Crippen molar-refractivity contribution in [1.82, 2.24) is 23.9 Å². The predicted molar refractivity (Wildman–Crippen MR) is 229 cm³/mol. The number of likely N-dealkylation sites (tertiary alicyclic amines) is 2. The summed E-state index contributed by atoms with van der Waals surface area (Å²) in [5, 5.41) is 7.17. The number of nitrogens with one attached hydrogen (secondary N) is 2. The molecule has 0 saturated carbocycles. The van der Waals surface area contributed by atoms with E-state index in [0.29, 0.717) is 94.8 Å². The Kier molecular flexibility index (Phi) is 10.1. The van der Waals surface area contributed by atoms with Crippen LogP contribution in [0.5, 0.6) is 0 Å². The molecule has 5 heterocycles. The van der Waals surface area contributed by atoms with Gasteiger partial charge >= 0.3 is 0 Å². The third-order valence-corrected chi connectivity index (χ3v) is 11.6. The van der Waals surface area contributed by atoms with E-state index in [1.807, 2.05) is 71.8 Å². The number of amides is 4. The molecule has 3 aromatic heterocycles. The highest BCUT2D eigenvalue weighted by Crippen LogP contribution is 2.30. The fraction of sp³-hybridized carbons (Fsp3) is 0.213. The largest absolute Gasteiger partial charge is 0.436 e. The summed E-state index contributed by atoms with van der Waals surface area (Å²) in [5.41, 5.74) is 4.73. The van der Waals surface area contributed by atoms with Crippen LogP contribution in [0.3, 0.4) is 0 Å². The van der Waals surface area contributed by atoms with Gasteiger partial charge in [0.15, 0.2) is 5.76 Å². The summed E-state index contributed by atoms with van der Waals surface area (Å²) in [6, 6.07) is 27.2. The number of carbonyl (C=O) groups is 6. The first-order chi connectivity index (χ1) is 29.5. The molecule has 2 saturated heterocycles. The molecule has 2 aliphatic rings. The number of para-hydroxylation sites is 2. The molecule has 4 amide bonds. The lowest BCUT2D eigenvalue weighted by Gasteiger charge is -2.23. The maximum atomic E-state index is 13.4. The number of aromatic nitrogens is 3. The highest BCUT2D eigenvalue weighted by Gasteiger charge is 2.39. The molecule has 0 spiro atoms. The Morgan fingerprint density at radius 1 is 0.590 bits per heavy atom. The number of anilines is 2. The first-order valence-electron chi connectivity index (χ1n) is 20.1. The molecule has 2 atom stereocenters. The molecule has 14 nitrogen and oxygen atoms in total. The maximum absolute atomic E-state index is 13.4. The van der Waals surface area contributed by atoms with Gasteiger partial charge in [-0.2, -0.15) is 0 Å². The molecule has 2 N–H and O–H groups in total. The van der Waals surface area contributed by atoms with Gasteiger partial charge in [-0.05, 0) is 86.3 Å². The molecule has 14 heteroatoms. The normalized spacial score (nSPS) is 16.3. The van der Waals surface area contributed by atoms with Crippen LogP contribution in [-0.2, 0) is 33.3 Å². The van der Waals surface area contributed by atoms with Crippen molar-refractivity contribution in [1.29, 1.82) is 0 Å². The van der Waals surface area contributed by atoms with E-state index >= 15 is 0 Å². The summed E-state index contributed by atoms with van der Waals surface area (Å²) in [5.74, 6) is -2.55. The van der Waals surface area contributed by atoms with Crippen LogP contribution in [0.1, 0.15) is 46.4 Å². The smallest absolute Gasteiger partial charge is 0.295 e. The lowest BCUT2D eigenvalue weighted by Crippen LogP contribution is -2.46. The van der Waals surface area contributed by atoms with Gasteiger partial charge in [0, 0.05) is 83.9 Å². The fourth-order valence-corrected chi connectivity index (χ4v) is 8.51. The van der Waals surface area contributed by atoms with Crippen LogP contribution in [0.4, 0.5) is 11.4 Å². The van der Waals surface area contributed by atoms with Crippen molar-refractivity contribution in [3.8, 4) is 22.8 Å². The van der Waals surface area contributed by atoms with Crippen molar-refractivity contribution < 1.29 is 33.2 Å². The minimum Gasteiger partial charge on any atom is -0.436 e. The van der Waals surface area contributed by atoms with E-state index in [9.17, 15) is 28.8 Å². The van der Waals surface area contributed by atoms with Gasteiger partial charge < -0.3 is 34.0 Å². The highest BCUT2D eigenvalue weighted by atomic mass is 16.4. The van der Waals surface area contributed by atoms with Crippen molar-refractivity contribution in [2.24, 2.45) is 14.1 Å². The van der Waals surface area contributed by atoms with E-state index in [1.165, 1.54) is 9.80 Å². The minimum absolute atomic E-state index is 0.314. The fourth-order valence-electron chi connectivity index (χ4n) is 8.51. The molecule has 7 aromatic rings. The van der Waals surface area contributed by atoms with Crippen LogP contribution in [0.15, 0.2) is 120 Å². The number of hydrogen-bond donors (Lipinski definition) is 2. The van der Waals surface area contributed by atoms with Crippen LogP contribution in [-0.4, -0.2) is 84.3 Å². The second kappa shape index (κ2) is 15.9. The zero-order valence-electron chi connectivity index (χ0n) is 33.5. The molecule has 0 unspecified atom stereocenters. The lowest BCUT2D eigenvalue weighted by molar-refractivity contribution is -0.132. The number of Topliss-reactive ketones (excluding diaryl/α,β-unsaturated/α-hetero) is 2. The van der Waals surface area contributed by atoms with Crippen LogP contribution >= 0.6 is 0 Å². The Balaban J connectivity index is 0.804. The van der Waals surface area contributed by atoms with Gasteiger partial charge in [-0.15, -0.1) is 0 Å². The molecular weight excluding hydrogens is 775 g/mol. The number of oxazole rings is 1. The molecule has 306 valence electrons. The Bertz CT molecular complexity index is 2690. The van der Waals surface area contributed by atoms with E-state index in [0.717, 1.165) is 11.0 Å². The van der Waals surface area contributed by atoms with E-state index in [-0.39, 0.29) is 11.8 Å². The number of hydrogen-bond acceptors (Lipinski definition) is 8. The van der Waals surface area contributed by atoms with E-state index in [1.54, 1.807) is 67.1 Å². The summed E-state index contributed by atoms with van der Waals surface area (Å²) in [7, 11) is 3.65. The number of ketones is 2. The monoisotopic (exact) mass is 815 g/mol.